The first kappa shape index (κ1) is 14.1. The van der Waals surface area contributed by atoms with Gasteiger partial charge in [-0.3, -0.25) is 14.5 Å². The fourth-order valence-electron chi connectivity index (χ4n) is 4.83. The van der Waals surface area contributed by atoms with E-state index in [1.165, 1.54) is 25.7 Å². The van der Waals surface area contributed by atoms with E-state index in [1.54, 1.807) is 4.90 Å². The quantitative estimate of drug-likeness (QED) is 0.699. The second-order valence-electron chi connectivity index (χ2n) is 7.09. The normalized spacial score (nSPS) is 36.8. The van der Waals surface area contributed by atoms with Crippen molar-refractivity contribution in [3.8, 4) is 0 Å². The van der Waals surface area contributed by atoms with Gasteiger partial charge in [-0.1, -0.05) is 33.1 Å². The predicted molar refractivity (Wildman–Crippen MR) is 77.8 cm³/mol. The van der Waals surface area contributed by atoms with Gasteiger partial charge in [0, 0.05) is 6.54 Å². The van der Waals surface area contributed by atoms with Crippen LogP contribution in [0.1, 0.15) is 58.8 Å². The van der Waals surface area contributed by atoms with Crippen LogP contribution < -0.4 is 0 Å². The molecule has 3 heteroatoms. The first-order chi connectivity index (χ1) is 9.67. The molecule has 0 spiro atoms. The van der Waals surface area contributed by atoms with Crippen LogP contribution in [-0.4, -0.2) is 23.3 Å². The predicted octanol–water partition coefficient (Wildman–Crippen LogP) is 3.23. The van der Waals surface area contributed by atoms with Crippen molar-refractivity contribution in [2.24, 2.45) is 29.6 Å². The number of carbonyl (C=O) groups excluding carboxylic acids is 2. The average Bonchev–Trinajstić information content (AvgIpc) is 3.12. The minimum absolute atomic E-state index is 0.0601. The molecule has 5 atom stereocenters. The minimum Gasteiger partial charge on any atom is -0.282 e. The number of hydrogen-bond donors (Lipinski definition) is 0. The van der Waals surface area contributed by atoms with Gasteiger partial charge in [-0.15, -0.1) is 0 Å². The van der Waals surface area contributed by atoms with Gasteiger partial charge >= 0.3 is 0 Å². The fourth-order valence-corrected chi connectivity index (χ4v) is 4.83. The van der Waals surface area contributed by atoms with Crippen LogP contribution in [0.4, 0.5) is 0 Å². The van der Waals surface area contributed by atoms with Crippen LogP contribution in [0.5, 0.6) is 0 Å². The summed E-state index contributed by atoms with van der Waals surface area (Å²) in [6.45, 7) is 5.05. The lowest BCUT2D eigenvalue weighted by atomic mass is 9.81. The zero-order valence-corrected chi connectivity index (χ0v) is 12.8. The molecule has 20 heavy (non-hydrogen) atoms. The van der Waals surface area contributed by atoms with Crippen molar-refractivity contribution in [3.05, 3.63) is 0 Å². The van der Waals surface area contributed by atoms with Gasteiger partial charge in [-0.25, -0.2) is 0 Å². The summed E-state index contributed by atoms with van der Waals surface area (Å²) in [5, 5.41) is 0. The van der Waals surface area contributed by atoms with Gasteiger partial charge in [-0.2, -0.15) is 0 Å². The van der Waals surface area contributed by atoms with Crippen LogP contribution in [-0.2, 0) is 9.59 Å². The maximum Gasteiger partial charge on any atom is 0.233 e. The maximum atomic E-state index is 12.6. The van der Waals surface area contributed by atoms with E-state index < -0.39 is 0 Å². The first-order valence-electron chi connectivity index (χ1n) is 8.52. The monoisotopic (exact) mass is 277 g/mol. The number of nitrogens with zero attached hydrogens (tertiary/aromatic N) is 1. The summed E-state index contributed by atoms with van der Waals surface area (Å²) in [5.74, 6) is 1.99. The molecule has 2 amide bonds. The largest absolute Gasteiger partial charge is 0.282 e. The van der Waals surface area contributed by atoms with Gasteiger partial charge in [0.15, 0.2) is 0 Å². The van der Waals surface area contributed by atoms with Crippen LogP contribution in [0.15, 0.2) is 0 Å². The third-order valence-electron chi connectivity index (χ3n) is 6.00. The summed E-state index contributed by atoms with van der Waals surface area (Å²) in [5.41, 5.74) is 0. The van der Waals surface area contributed by atoms with E-state index in [0.29, 0.717) is 24.3 Å². The van der Waals surface area contributed by atoms with Crippen LogP contribution in [0.3, 0.4) is 0 Å². The van der Waals surface area contributed by atoms with E-state index in [9.17, 15) is 9.59 Å². The second-order valence-corrected chi connectivity index (χ2v) is 7.09. The molecule has 3 rings (SSSR count). The SMILES string of the molecule is CCCCC(CC)CN1C(=O)C2C3CCC(C3)C2C1=O. The molecule has 0 radical (unpaired) electrons. The molecule has 0 aromatic heterocycles. The second kappa shape index (κ2) is 5.50. The van der Waals surface area contributed by atoms with Crippen LogP contribution in [0, 0.1) is 29.6 Å². The molecule has 0 N–H and O–H groups in total. The molecule has 0 aromatic rings. The molecule has 2 aliphatic carbocycles. The summed E-state index contributed by atoms with van der Waals surface area (Å²) in [7, 11) is 0. The molecule has 5 unspecified atom stereocenters. The summed E-state index contributed by atoms with van der Waals surface area (Å²) in [6, 6.07) is 0. The molecule has 0 aromatic carbocycles. The zero-order chi connectivity index (χ0) is 14.3. The summed E-state index contributed by atoms with van der Waals surface area (Å²) < 4.78 is 0. The Morgan fingerprint density at radius 3 is 2.20 bits per heavy atom. The Morgan fingerprint density at radius 1 is 1.10 bits per heavy atom. The lowest BCUT2D eigenvalue weighted by molar-refractivity contribution is -0.141. The average molecular weight is 277 g/mol. The van der Waals surface area contributed by atoms with Crippen molar-refractivity contribution in [2.75, 3.05) is 6.54 Å². The van der Waals surface area contributed by atoms with Crippen molar-refractivity contribution in [2.45, 2.75) is 58.8 Å². The number of rotatable bonds is 6. The fraction of sp³-hybridized carbons (Fsp3) is 0.882. The topological polar surface area (TPSA) is 37.4 Å². The molecule has 1 aliphatic heterocycles. The van der Waals surface area contributed by atoms with Crippen molar-refractivity contribution in [1.29, 1.82) is 0 Å². The summed E-state index contributed by atoms with van der Waals surface area (Å²) in [6.07, 6.45) is 8.08. The molecular formula is C17H27NO2. The van der Waals surface area contributed by atoms with Gasteiger partial charge < -0.3 is 0 Å². The molecule has 1 saturated heterocycles. The molecule has 1 heterocycles. The molecule has 2 bridgehead atoms. The maximum absolute atomic E-state index is 12.6. The standard InChI is InChI=1S/C17H27NO2/c1-3-5-6-11(4-2)10-18-16(19)14-12-7-8-13(9-12)15(14)17(18)20/h11-15H,3-10H2,1-2H3. The number of imide groups is 1. The Kier molecular flexibility index (Phi) is 3.87. The van der Waals surface area contributed by atoms with Crippen molar-refractivity contribution >= 4 is 11.8 Å². The lowest BCUT2D eigenvalue weighted by Gasteiger charge is -2.23. The lowest BCUT2D eigenvalue weighted by Crippen LogP contribution is -2.36. The zero-order valence-electron chi connectivity index (χ0n) is 12.8. The van der Waals surface area contributed by atoms with Gasteiger partial charge in [0.1, 0.15) is 0 Å². The molecule has 3 fully saturated rings. The Balaban J connectivity index is 1.69. The third kappa shape index (κ3) is 2.10. The number of hydrogen-bond acceptors (Lipinski definition) is 2. The number of fused-ring (bicyclic) bond motifs is 5. The number of amides is 2. The van der Waals surface area contributed by atoms with E-state index in [4.69, 9.17) is 0 Å². The van der Waals surface area contributed by atoms with Crippen molar-refractivity contribution < 1.29 is 9.59 Å². The molecule has 3 aliphatic rings. The Morgan fingerprint density at radius 2 is 1.70 bits per heavy atom. The van der Waals surface area contributed by atoms with Crippen molar-refractivity contribution in [1.82, 2.24) is 4.90 Å². The molecule has 3 nitrogen and oxygen atoms in total. The van der Waals surface area contributed by atoms with E-state index in [2.05, 4.69) is 13.8 Å². The highest BCUT2D eigenvalue weighted by atomic mass is 16.2. The molecule has 112 valence electrons. The Bertz CT molecular complexity index is 378. The number of likely N-dealkylation sites (tertiary alicyclic amines) is 1. The highest BCUT2D eigenvalue weighted by Gasteiger charge is 2.60. The van der Waals surface area contributed by atoms with Gasteiger partial charge in [0.25, 0.3) is 0 Å². The smallest absolute Gasteiger partial charge is 0.233 e. The number of unbranched alkanes of at least 4 members (excludes halogenated alkanes) is 1. The summed E-state index contributed by atoms with van der Waals surface area (Å²) in [4.78, 5) is 26.9. The van der Waals surface area contributed by atoms with E-state index in [-0.39, 0.29) is 23.7 Å². The van der Waals surface area contributed by atoms with Crippen molar-refractivity contribution in [3.63, 3.8) is 0 Å². The minimum atomic E-state index is 0.0601. The Labute approximate surface area is 122 Å². The van der Waals surface area contributed by atoms with Gasteiger partial charge in [0.05, 0.1) is 11.8 Å². The highest BCUT2D eigenvalue weighted by Crippen LogP contribution is 2.56. The van der Waals surface area contributed by atoms with Crippen LogP contribution in [0.2, 0.25) is 0 Å². The van der Waals surface area contributed by atoms with Gasteiger partial charge in [0.2, 0.25) is 11.8 Å². The molecule has 2 saturated carbocycles. The van der Waals surface area contributed by atoms with Crippen LogP contribution >= 0.6 is 0 Å². The first-order valence-corrected chi connectivity index (χ1v) is 8.52. The summed E-state index contributed by atoms with van der Waals surface area (Å²) >= 11 is 0. The molecular weight excluding hydrogens is 250 g/mol. The Hall–Kier alpha value is -0.860. The highest BCUT2D eigenvalue weighted by molar-refractivity contribution is 6.06. The van der Waals surface area contributed by atoms with Gasteiger partial charge in [-0.05, 0) is 43.4 Å². The van der Waals surface area contributed by atoms with E-state index in [1.807, 2.05) is 0 Å². The van der Waals surface area contributed by atoms with E-state index in [0.717, 1.165) is 19.3 Å². The van der Waals surface area contributed by atoms with Crippen LogP contribution in [0.25, 0.3) is 0 Å². The third-order valence-corrected chi connectivity index (χ3v) is 6.00. The number of carbonyl (C=O) groups is 2. The van der Waals surface area contributed by atoms with E-state index >= 15 is 0 Å².